The average molecular weight is 315 g/mol. The minimum absolute atomic E-state index is 0.931. The van der Waals surface area contributed by atoms with Crippen molar-refractivity contribution in [2.75, 3.05) is 0 Å². The zero-order valence-electron chi connectivity index (χ0n) is 15.0. The highest BCUT2D eigenvalue weighted by Crippen LogP contribution is 2.19. The smallest absolute Gasteiger partial charge is 0.154 e. The van der Waals surface area contributed by atoms with E-state index in [1.807, 2.05) is 12.3 Å². The SMILES string of the molecule is Cc1cccnc1N=C1CCCCCCCCCCCCCC1. The van der Waals surface area contributed by atoms with Gasteiger partial charge in [-0.05, 0) is 44.2 Å². The summed E-state index contributed by atoms with van der Waals surface area (Å²) in [7, 11) is 0. The molecule has 1 aliphatic rings. The summed E-state index contributed by atoms with van der Waals surface area (Å²) in [6.07, 6.45) is 20.9. The van der Waals surface area contributed by atoms with Gasteiger partial charge in [0, 0.05) is 11.9 Å². The minimum Gasteiger partial charge on any atom is -0.238 e. The molecule has 2 rings (SSSR count). The first-order valence-electron chi connectivity index (χ1n) is 9.84. The summed E-state index contributed by atoms with van der Waals surface area (Å²) in [6, 6.07) is 4.11. The topological polar surface area (TPSA) is 25.2 Å². The molecule has 0 atom stereocenters. The molecule has 1 aromatic heterocycles. The summed E-state index contributed by atoms with van der Waals surface area (Å²) < 4.78 is 0. The summed E-state index contributed by atoms with van der Waals surface area (Å²) in [5, 5.41) is 0. The summed E-state index contributed by atoms with van der Waals surface area (Å²) in [4.78, 5) is 9.37. The summed E-state index contributed by atoms with van der Waals surface area (Å²) in [5.41, 5.74) is 2.57. The maximum atomic E-state index is 4.91. The van der Waals surface area contributed by atoms with Gasteiger partial charge in [0.05, 0.1) is 0 Å². The van der Waals surface area contributed by atoms with Crippen LogP contribution in [0.15, 0.2) is 23.3 Å². The largest absolute Gasteiger partial charge is 0.238 e. The van der Waals surface area contributed by atoms with Crippen LogP contribution >= 0.6 is 0 Å². The molecule has 1 heterocycles. The monoisotopic (exact) mass is 314 g/mol. The molecule has 1 aliphatic carbocycles. The Morgan fingerprint density at radius 3 is 1.70 bits per heavy atom. The molecule has 0 spiro atoms. The number of nitrogens with zero attached hydrogens (tertiary/aromatic N) is 2. The third-order valence-corrected chi connectivity index (χ3v) is 4.93. The van der Waals surface area contributed by atoms with Crippen molar-refractivity contribution in [1.29, 1.82) is 0 Å². The lowest BCUT2D eigenvalue weighted by Gasteiger charge is -2.08. The van der Waals surface area contributed by atoms with Crippen LogP contribution in [0, 0.1) is 6.92 Å². The first kappa shape index (κ1) is 18.2. The van der Waals surface area contributed by atoms with E-state index in [4.69, 9.17) is 4.99 Å². The highest BCUT2D eigenvalue weighted by Gasteiger charge is 2.04. The number of hydrogen-bond donors (Lipinski definition) is 0. The Balaban J connectivity index is 1.93. The van der Waals surface area contributed by atoms with Gasteiger partial charge in [0.1, 0.15) is 0 Å². The molecule has 2 nitrogen and oxygen atoms in total. The summed E-state index contributed by atoms with van der Waals surface area (Å²) in [5.74, 6) is 0.931. The van der Waals surface area contributed by atoms with Crippen molar-refractivity contribution in [3.8, 4) is 0 Å². The number of pyridine rings is 1. The Hall–Kier alpha value is -1.18. The minimum atomic E-state index is 0.931. The van der Waals surface area contributed by atoms with E-state index in [0.717, 1.165) is 18.7 Å². The second-order valence-electron chi connectivity index (χ2n) is 7.06. The van der Waals surface area contributed by atoms with Crippen LogP contribution in [0.2, 0.25) is 0 Å². The molecule has 0 amide bonds. The van der Waals surface area contributed by atoms with E-state index in [-0.39, 0.29) is 0 Å². The molecular weight excluding hydrogens is 280 g/mol. The summed E-state index contributed by atoms with van der Waals surface area (Å²) in [6.45, 7) is 2.11. The molecular formula is C21H34N2. The van der Waals surface area contributed by atoms with Crippen LogP contribution in [0.4, 0.5) is 5.82 Å². The highest BCUT2D eigenvalue weighted by molar-refractivity contribution is 5.86. The lowest BCUT2D eigenvalue weighted by molar-refractivity contribution is 0.548. The standard InChI is InChI=1S/C21H34N2/c1-19-15-14-18-22-21(19)23-20-16-12-10-8-6-4-2-3-5-7-9-11-13-17-20/h14-15,18H,2-13,16-17H2,1H3. The second kappa shape index (κ2) is 11.4. The molecule has 0 N–H and O–H groups in total. The van der Waals surface area contributed by atoms with Crippen molar-refractivity contribution in [3.63, 3.8) is 0 Å². The quantitative estimate of drug-likeness (QED) is 0.551. The van der Waals surface area contributed by atoms with Crippen LogP contribution < -0.4 is 0 Å². The van der Waals surface area contributed by atoms with Crippen molar-refractivity contribution < 1.29 is 0 Å². The molecule has 0 aromatic carbocycles. The number of aryl methyl sites for hydroxylation is 1. The fourth-order valence-electron chi connectivity index (χ4n) is 3.41. The first-order valence-corrected chi connectivity index (χ1v) is 9.84. The fourth-order valence-corrected chi connectivity index (χ4v) is 3.41. The van der Waals surface area contributed by atoms with Crippen molar-refractivity contribution in [1.82, 2.24) is 4.98 Å². The van der Waals surface area contributed by atoms with E-state index >= 15 is 0 Å². The number of rotatable bonds is 1. The van der Waals surface area contributed by atoms with Crippen molar-refractivity contribution in [3.05, 3.63) is 23.9 Å². The van der Waals surface area contributed by atoms with Crippen LogP contribution in [0.25, 0.3) is 0 Å². The Morgan fingerprint density at radius 2 is 1.22 bits per heavy atom. The molecule has 0 saturated heterocycles. The molecule has 1 aromatic rings. The maximum Gasteiger partial charge on any atom is 0.154 e. The van der Waals surface area contributed by atoms with Gasteiger partial charge in [0.15, 0.2) is 5.82 Å². The zero-order valence-corrected chi connectivity index (χ0v) is 15.0. The predicted molar refractivity (Wildman–Crippen MR) is 101 cm³/mol. The molecule has 0 bridgehead atoms. The molecule has 0 radical (unpaired) electrons. The molecule has 128 valence electrons. The maximum absolute atomic E-state index is 4.91. The highest BCUT2D eigenvalue weighted by atomic mass is 14.9. The fraction of sp³-hybridized carbons (Fsp3) is 0.714. The Labute approximate surface area is 142 Å². The van der Waals surface area contributed by atoms with Gasteiger partial charge in [-0.3, -0.25) is 0 Å². The summed E-state index contributed by atoms with van der Waals surface area (Å²) >= 11 is 0. The van der Waals surface area contributed by atoms with Crippen molar-refractivity contribution in [2.24, 2.45) is 4.99 Å². The lowest BCUT2D eigenvalue weighted by atomic mass is 10.0. The number of aromatic nitrogens is 1. The van der Waals surface area contributed by atoms with E-state index in [1.54, 1.807) is 0 Å². The molecule has 0 aliphatic heterocycles. The van der Waals surface area contributed by atoms with Gasteiger partial charge in [0.2, 0.25) is 0 Å². The molecule has 1 saturated carbocycles. The Morgan fingerprint density at radius 1 is 0.739 bits per heavy atom. The number of aliphatic imine (C=N–C) groups is 1. The number of hydrogen-bond acceptors (Lipinski definition) is 2. The normalized spacial score (nSPS) is 19.6. The van der Waals surface area contributed by atoms with Crippen LogP contribution in [-0.2, 0) is 0 Å². The second-order valence-corrected chi connectivity index (χ2v) is 7.06. The van der Waals surface area contributed by atoms with Gasteiger partial charge in [-0.15, -0.1) is 0 Å². The Kier molecular flexibility index (Phi) is 8.98. The van der Waals surface area contributed by atoms with E-state index in [2.05, 4.69) is 18.0 Å². The van der Waals surface area contributed by atoms with E-state index in [0.29, 0.717) is 0 Å². The lowest BCUT2D eigenvalue weighted by Crippen LogP contribution is -1.99. The predicted octanol–water partition coefficient (Wildman–Crippen LogP) is 6.94. The molecule has 0 unspecified atom stereocenters. The van der Waals surface area contributed by atoms with Crippen LogP contribution in [0.3, 0.4) is 0 Å². The van der Waals surface area contributed by atoms with Crippen molar-refractivity contribution >= 4 is 11.5 Å². The van der Waals surface area contributed by atoms with Gasteiger partial charge >= 0.3 is 0 Å². The van der Waals surface area contributed by atoms with E-state index in [9.17, 15) is 0 Å². The van der Waals surface area contributed by atoms with Gasteiger partial charge < -0.3 is 0 Å². The third-order valence-electron chi connectivity index (χ3n) is 4.93. The zero-order chi connectivity index (χ0) is 16.2. The van der Waals surface area contributed by atoms with Gasteiger partial charge in [0.25, 0.3) is 0 Å². The Bertz CT molecular complexity index is 447. The first-order chi connectivity index (χ1) is 11.4. The van der Waals surface area contributed by atoms with E-state index in [1.165, 1.54) is 88.3 Å². The van der Waals surface area contributed by atoms with Gasteiger partial charge in [-0.2, -0.15) is 0 Å². The molecule has 2 heteroatoms. The molecule has 1 fully saturated rings. The third kappa shape index (κ3) is 7.76. The van der Waals surface area contributed by atoms with Crippen LogP contribution in [0.5, 0.6) is 0 Å². The average Bonchev–Trinajstić information content (AvgIpc) is 2.57. The van der Waals surface area contributed by atoms with Crippen LogP contribution in [0.1, 0.15) is 95.5 Å². The van der Waals surface area contributed by atoms with Crippen molar-refractivity contribution in [2.45, 2.75) is 96.8 Å². The van der Waals surface area contributed by atoms with Crippen LogP contribution in [-0.4, -0.2) is 10.7 Å². The van der Waals surface area contributed by atoms with Gasteiger partial charge in [-0.1, -0.05) is 70.3 Å². The molecule has 23 heavy (non-hydrogen) atoms. The van der Waals surface area contributed by atoms with Gasteiger partial charge in [-0.25, -0.2) is 9.98 Å². The van der Waals surface area contributed by atoms with E-state index < -0.39 is 0 Å².